The minimum atomic E-state index is 0.564. The van der Waals surface area contributed by atoms with Gasteiger partial charge in [-0.1, -0.05) is 35.9 Å². The Morgan fingerprint density at radius 3 is 2.72 bits per heavy atom. The largest absolute Gasteiger partial charge is 0.327 e. The molecule has 1 aliphatic rings. The Morgan fingerprint density at radius 1 is 1.39 bits per heavy atom. The second-order valence-electron chi connectivity index (χ2n) is 5.00. The van der Waals surface area contributed by atoms with E-state index in [1.165, 1.54) is 18.4 Å². The van der Waals surface area contributed by atoms with Crippen LogP contribution in [-0.2, 0) is 0 Å². The van der Waals surface area contributed by atoms with Crippen LogP contribution in [0.5, 0.6) is 0 Å². The number of nitrogens with two attached hydrogens (primary N) is 1. The second kappa shape index (κ2) is 6.37. The Labute approximate surface area is 114 Å². The summed E-state index contributed by atoms with van der Waals surface area (Å²) in [6.45, 7) is 2.89. The molecular weight excluding hydrogens is 244 g/mol. The van der Waals surface area contributed by atoms with Crippen LogP contribution in [0.4, 0.5) is 0 Å². The fourth-order valence-corrected chi connectivity index (χ4v) is 2.85. The van der Waals surface area contributed by atoms with E-state index in [1.807, 2.05) is 18.2 Å². The Bertz CT molecular complexity index is 421. The normalized spacial score (nSPS) is 18.6. The summed E-state index contributed by atoms with van der Waals surface area (Å²) in [6, 6.07) is 6.35. The van der Waals surface area contributed by atoms with Crippen molar-refractivity contribution in [3.63, 3.8) is 0 Å². The number of hydrogen-bond acceptors (Lipinski definition) is 2. The molecule has 1 heterocycles. The summed E-state index contributed by atoms with van der Waals surface area (Å²) in [5.74, 6) is 0.612. The molecule has 0 bridgehead atoms. The maximum Gasteiger partial charge on any atom is 0.0446 e. The molecule has 0 saturated carbocycles. The summed E-state index contributed by atoms with van der Waals surface area (Å²) in [5, 5.41) is 0.892. The Kier molecular flexibility index (Phi) is 4.81. The second-order valence-corrected chi connectivity index (χ2v) is 5.40. The van der Waals surface area contributed by atoms with Gasteiger partial charge in [-0.15, -0.1) is 0 Å². The average Bonchev–Trinajstić information content (AvgIpc) is 2.38. The van der Waals surface area contributed by atoms with E-state index >= 15 is 0 Å². The molecule has 0 aliphatic carbocycles. The van der Waals surface area contributed by atoms with Crippen molar-refractivity contribution in [3.8, 4) is 0 Å². The first kappa shape index (κ1) is 13.6. The lowest BCUT2D eigenvalue weighted by Gasteiger charge is -2.29. The highest BCUT2D eigenvalue weighted by Gasteiger charge is 2.20. The number of benzene rings is 1. The van der Waals surface area contributed by atoms with Crippen molar-refractivity contribution < 1.29 is 0 Å². The summed E-state index contributed by atoms with van der Waals surface area (Å²) in [6.07, 6.45) is 6.37. The Hall–Kier alpha value is -0.830. The van der Waals surface area contributed by atoms with Gasteiger partial charge in [0.2, 0.25) is 0 Å². The van der Waals surface area contributed by atoms with E-state index in [9.17, 15) is 0 Å². The molecule has 1 fully saturated rings. The molecular formula is C15H21ClN2. The standard InChI is InChI=1S/C15H21ClN2/c1-18-9-6-13(7-10-18)14-5-4-12(3-2-8-17)11-15(14)16/h2-5,11,13H,6-10,17H2,1H3/b3-2+. The van der Waals surface area contributed by atoms with E-state index in [2.05, 4.69) is 24.1 Å². The van der Waals surface area contributed by atoms with E-state index in [1.54, 1.807) is 0 Å². The highest BCUT2D eigenvalue weighted by molar-refractivity contribution is 6.31. The molecule has 2 nitrogen and oxygen atoms in total. The van der Waals surface area contributed by atoms with Crippen molar-refractivity contribution in [1.82, 2.24) is 4.90 Å². The first-order valence-corrected chi connectivity index (χ1v) is 6.93. The number of halogens is 1. The first-order valence-electron chi connectivity index (χ1n) is 6.55. The van der Waals surface area contributed by atoms with E-state index in [-0.39, 0.29) is 0 Å². The van der Waals surface area contributed by atoms with Gasteiger partial charge in [-0.25, -0.2) is 0 Å². The SMILES string of the molecule is CN1CCC(c2ccc(/C=C/CN)cc2Cl)CC1. The zero-order valence-electron chi connectivity index (χ0n) is 10.9. The van der Waals surface area contributed by atoms with Gasteiger partial charge in [0.25, 0.3) is 0 Å². The lowest BCUT2D eigenvalue weighted by molar-refractivity contribution is 0.255. The molecule has 1 aromatic rings. The topological polar surface area (TPSA) is 29.3 Å². The fourth-order valence-electron chi connectivity index (χ4n) is 2.50. The van der Waals surface area contributed by atoms with Gasteiger partial charge in [0.1, 0.15) is 0 Å². The first-order chi connectivity index (χ1) is 8.70. The maximum atomic E-state index is 6.40. The van der Waals surface area contributed by atoms with E-state index in [0.29, 0.717) is 12.5 Å². The fraction of sp³-hybridized carbons (Fsp3) is 0.467. The molecule has 98 valence electrons. The van der Waals surface area contributed by atoms with Crippen LogP contribution in [-0.4, -0.2) is 31.6 Å². The summed E-state index contributed by atoms with van der Waals surface area (Å²) in [7, 11) is 2.18. The number of nitrogens with zero attached hydrogens (tertiary/aromatic N) is 1. The zero-order chi connectivity index (χ0) is 13.0. The Balaban J connectivity index is 2.12. The van der Waals surface area contributed by atoms with Gasteiger partial charge < -0.3 is 10.6 Å². The van der Waals surface area contributed by atoms with Gasteiger partial charge in [0, 0.05) is 11.6 Å². The van der Waals surface area contributed by atoms with Crippen LogP contribution in [0, 0.1) is 0 Å². The highest BCUT2D eigenvalue weighted by atomic mass is 35.5. The van der Waals surface area contributed by atoms with Crippen LogP contribution in [0.2, 0.25) is 5.02 Å². The predicted octanol–water partition coefficient (Wildman–Crippen LogP) is 3.12. The van der Waals surface area contributed by atoms with E-state index in [4.69, 9.17) is 17.3 Å². The minimum absolute atomic E-state index is 0.564. The number of hydrogen-bond donors (Lipinski definition) is 1. The summed E-state index contributed by atoms with van der Waals surface area (Å²) in [4.78, 5) is 2.38. The smallest absolute Gasteiger partial charge is 0.0446 e. The van der Waals surface area contributed by atoms with Crippen molar-refractivity contribution >= 4 is 17.7 Å². The molecule has 18 heavy (non-hydrogen) atoms. The summed E-state index contributed by atoms with van der Waals surface area (Å²) >= 11 is 6.40. The molecule has 0 radical (unpaired) electrons. The van der Waals surface area contributed by atoms with Crippen LogP contribution in [0.3, 0.4) is 0 Å². The van der Waals surface area contributed by atoms with Crippen molar-refractivity contribution in [3.05, 3.63) is 40.4 Å². The summed E-state index contributed by atoms with van der Waals surface area (Å²) in [5.41, 5.74) is 7.88. The zero-order valence-corrected chi connectivity index (χ0v) is 11.7. The molecule has 0 spiro atoms. The molecule has 0 amide bonds. The molecule has 3 heteroatoms. The van der Waals surface area contributed by atoms with Crippen molar-refractivity contribution in [2.45, 2.75) is 18.8 Å². The van der Waals surface area contributed by atoms with Crippen LogP contribution < -0.4 is 5.73 Å². The quantitative estimate of drug-likeness (QED) is 0.909. The van der Waals surface area contributed by atoms with Crippen LogP contribution in [0.1, 0.15) is 29.9 Å². The molecule has 0 unspecified atom stereocenters. The number of rotatable bonds is 3. The average molecular weight is 265 g/mol. The molecule has 0 atom stereocenters. The molecule has 1 aliphatic heterocycles. The van der Waals surface area contributed by atoms with Gasteiger partial charge >= 0.3 is 0 Å². The lowest BCUT2D eigenvalue weighted by atomic mass is 9.89. The van der Waals surface area contributed by atoms with Gasteiger partial charge in [0.05, 0.1) is 0 Å². The van der Waals surface area contributed by atoms with Gasteiger partial charge in [-0.3, -0.25) is 0 Å². The molecule has 0 aromatic heterocycles. The third-order valence-electron chi connectivity index (χ3n) is 3.63. The third-order valence-corrected chi connectivity index (χ3v) is 3.96. The van der Waals surface area contributed by atoms with E-state index < -0.39 is 0 Å². The minimum Gasteiger partial charge on any atom is -0.327 e. The van der Waals surface area contributed by atoms with Gasteiger partial charge in [0.15, 0.2) is 0 Å². The van der Waals surface area contributed by atoms with Crippen molar-refractivity contribution in [1.29, 1.82) is 0 Å². The number of likely N-dealkylation sites (tertiary alicyclic amines) is 1. The lowest BCUT2D eigenvalue weighted by Crippen LogP contribution is -2.29. The molecule has 1 aromatic carbocycles. The van der Waals surface area contributed by atoms with Gasteiger partial charge in [-0.05, 0) is 56.1 Å². The van der Waals surface area contributed by atoms with Crippen LogP contribution in [0.25, 0.3) is 6.08 Å². The van der Waals surface area contributed by atoms with Crippen LogP contribution in [0.15, 0.2) is 24.3 Å². The van der Waals surface area contributed by atoms with Crippen molar-refractivity contribution in [2.24, 2.45) is 5.73 Å². The molecule has 2 rings (SSSR count). The van der Waals surface area contributed by atoms with Gasteiger partial charge in [-0.2, -0.15) is 0 Å². The monoisotopic (exact) mass is 264 g/mol. The molecule has 2 N–H and O–H groups in total. The predicted molar refractivity (Wildman–Crippen MR) is 79.0 cm³/mol. The maximum absolute atomic E-state index is 6.40. The highest BCUT2D eigenvalue weighted by Crippen LogP contribution is 2.33. The van der Waals surface area contributed by atoms with Crippen LogP contribution >= 0.6 is 11.6 Å². The summed E-state index contributed by atoms with van der Waals surface area (Å²) < 4.78 is 0. The number of piperidine rings is 1. The van der Waals surface area contributed by atoms with E-state index in [0.717, 1.165) is 23.7 Å². The Morgan fingerprint density at radius 2 is 2.11 bits per heavy atom. The third kappa shape index (κ3) is 3.35. The van der Waals surface area contributed by atoms with Crippen molar-refractivity contribution in [2.75, 3.05) is 26.7 Å². The molecule has 1 saturated heterocycles.